The van der Waals surface area contributed by atoms with Gasteiger partial charge in [0.2, 0.25) is 0 Å². The van der Waals surface area contributed by atoms with E-state index in [1.165, 1.54) is 31.3 Å². The van der Waals surface area contributed by atoms with Crippen LogP contribution in [0.3, 0.4) is 0 Å². The van der Waals surface area contributed by atoms with E-state index < -0.39 is 0 Å². The van der Waals surface area contributed by atoms with Gasteiger partial charge in [0.15, 0.2) is 5.78 Å². The second kappa shape index (κ2) is 6.34. The van der Waals surface area contributed by atoms with E-state index in [2.05, 4.69) is 43.6 Å². The van der Waals surface area contributed by atoms with Gasteiger partial charge in [0, 0.05) is 6.42 Å². The van der Waals surface area contributed by atoms with Gasteiger partial charge in [-0.15, -0.1) is 0 Å². The monoisotopic (exact) mass is 340 g/mol. The Morgan fingerprint density at radius 2 is 1.95 bits per heavy atom. The SMILES string of the molecule is CC(C)CCC[C@@H](C)[C@H]1CCC2=C(Br)C(=O)CC[C@@]21C. The fourth-order valence-corrected chi connectivity index (χ4v) is 5.29. The molecule has 0 N–H and O–H groups in total. The Kier molecular flexibility index (Phi) is 5.15. The highest BCUT2D eigenvalue weighted by molar-refractivity contribution is 9.12. The van der Waals surface area contributed by atoms with Crippen molar-refractivity contribution in [1.82, 2.24) is 0 Å². The van der Waals surface area contributed by atoms with Gasteiger partial charge in [-0.1, -0.05) is 47.0 Å². The van der Waals surface area contributed by atoms with Crippen molar-refractivity contribution in [1.29, 1.82) is 0 Å². The molecule has 3 atom stereocenters. The molecule has 0 aromatic carbocycles. The molecule has 0 aromatic rings. The molecule has 1 saturated carbocycles. The maximum atomic E-state index is 11.9. The number of hydrogen-bond acceptors (Lipinski definition) is 1. The van der Waals surface area contributed by atoms with Crippen molar-refractivity contribution < 1.29 is 4.79 Å². The maximum absolute atomic E-state index is 11.9. The van der Waals surface area contributed by atoms with Gasteiger partial charge in [0.1, 0.15) is 0 Å². The lowest BCUT2D eigenvalue weighted by Gasteiger charge is -2.39. The number of fused-ring (bicyclic) bond motifs is 1. The number of Topliss-reactive ketones (excluding diaryl/α,β-unsaturated/α-hetero) is 1. The second-order valence-electron chi connectivity index (χ2n) is 7.58. The molecule has 20 heavy (non-hydrogen) atoms. The molecular weight excluding hydrogens is 312 g/mol. The average molecular weight is 341 g/mol. The number of carbonyl (C=O) groups excluding carboxylic acids is 1. The molecule has 114 valence electrons. The van der Waals surface area contributed by atoms with E-state index in [9.17, 15) is 4.79 Å². The van der Waals surface area contributed by atoms with Crippen LogP contribution in [-0.2, 0) is 4.79 Å². The molecule has 0 aliphatic heterocycles. The lowest BCUT2D eigenvalue weighted by Crippen LogP contribution is -2.32. The van der Waals surface area contributed by atoms with Crippen molar-refractivity contribution in [3.63, 3.8) is 0 Å². The highest BCUT2D eigenvalue weighted by Gasteiger charge is 2.48. The van der Waals surface area contributed by atoms with E-state index in [1.54, 1.807) is 0 Å². The van der Waals surface area contributed by atoms with Crippen molar-refractivity contribution in [3.8, 4) is 0 Å². The first-order valence-corrected chi connectivity index (χ1v) is 9.08. The fourth-order valence-electron chi connectivity index (χ4n) is 4.44. The third-order valence-electron chi connectivity index (χ3n) is 5.72. The molecule has 2 aliphatic carbocycles. The van der Waals surface area contributed by atoms with Crippen LogP contribution in [0.4, 0.5) is 0 Å². The van der Waals surface area contributed by atoms with Gasteiger partial charge in [0.05, 0.1) is 4.48 Å². The van der Waals surface area contributed by atoms with Crippen molar-refractivity contribution >= 4 is 21.7 Å². The predicted octanol–water partition coefficient (Wildman–Crippen LogP) is 5.88. The van der Waals surface area contributed by atoms with E-state index in [0.29, 0.717) is 5.78 Å². The Balaban J connectivity index is 2.06. The predicted molar refractivity (Wildman–Crippen MR) is 88.9 cm³/mol. The van der Waals surface area contributed by atoms with Crippen molar-refractivity contribution in [2.24, 2.45) is 23.2 Å². The van der Waals surface area contributed by atoms with E-state index >= 15 is 0 Å². The summed E-state index contributed by atoms with van der Waals surface area (Å²) in [5.74, 6) is 2.69. The van der Waals surface area contributed by atoms with Crippen LogP contribution in [0.25, 0.3) is 0 Å². The lowest BCUT2D eigenvalue weighted by molar-refractivity contribution is -0.116. The van der Waals surface area contributed by atoms with Crippen LogP contribution in [0.2, 0.25) is 0 Å². The van der Waals surface area contributed by atoms with E-state index in [-0.39, 0.29) is 5.41 Å². The zero-order valence-electron chi connectivity index (χ0n) is 13.5. The van der Waals surface area contributed by atoms with Crippen molar-refractivity contribution in [2.45, 2.75) is 72.6 Å². The number of rotatable bonds is 5. The minimum absolute atomic E-state index is 0.282. The summed E-state index contributed by atoms with van der Waals surface area (Å²) in [5, 5.41) is 0. The molecule has 0 radical (unpaired) electrons. The molecule has 0 bridgehead atoms. The molecule has 0 saturated heterocycles. The van der Waals surface area contributed by atoms with Crippen molar-refractivity contribution in [3.05, 3.63) is 10.1 Å². The van der Waals surface area contributed by atoms with Gasteiger partial charge in [-0.25, -0.2) is 0 Å². The summed E-state index contributed by atoms with van der Waals surface area (Å²) in [4.78, 5) is 11.9. The fraction of sp³-hybridized carbons (Fsp3) is 0.833. The van der Waals surface area contributed by atoms with E-state index in [4.69, 9.17) is 0 Å². The molecule has 2 aliphatic rings. The Labute approximate surface area is 132 Å². The van der Waals surface area contributed by atoms with Crippen LogP contribution in [0, 0.1) is 23.2 Å². The third-order valence-corrected chi connectivity index (χ3v) is 6.64. The minimum Gasteiger partial charge on any atom is -0.294 e. The molecule has 0 aromatic heterocycles. The molecular formula is C18H29BrO. The number of carbonyl (C=O) groups is 1. The van der Waals surface area contributed by atoms with Gasteiger partial charge < -0.3 is 0 Å². The standard InChI is InChI=1S/C18H29BrO/c1-12(2)6-5-7-13(3)14-8-9-15-17(19)16(20)10-11-18(14,15)4/h12-14H,5-11H2,1-4H3/t13-,14-,18-/m1/s1. The average Bonchev–Trinajstić information content (AvgIpc) is 2.72. The summed E-state index contributed by atoms with van der Waals surface area (Å²) in [7, 11) is 0. The zero-order valence-corrected chi connectivity index (χ0v) is 15.1. The number of ketones is 1. The normalized spacial score (nSPS) is 31.9. The molecule has 0 amide bonds. The molecule has 1 nitrogen and oxygen atoms in total. The first-order chi connectivity index (χ1) is 9.36. The highest BCUT2D eigenvalue weighted by Crippen LogP contribution is 2.57. The van der Waals surface area contributed by atoms with Crippen LogP contribution in [-0.4, -0.2) is 5.78 Å². The summed E-state index contributed by atoms with van der Waals surface area (Å²) < 4.78 is 0.920. The van der Waals surface area contributed by atoms with Crippen LogP contribution < -0.4 is 0 Å². The first kappa shape index (κ1) is 16.3. The van der Waals surface area contributed by atoms with Crippen molar-refractivity contribution in [2.75, 3.05) is 0 Å². The van der Waals surface area contributed by atoms with Gasteiger partial charge in [0.25, 0.3) is 0 Å². The lowest BCUT2D eigenvalue weighted by atomic mass is 9.66. The summed E-state index contributed by atoms with van der Waals surface area (Å²) >= 11 is 3.57. The Morgan fingerprint density at radius 1 is 1.25 bits per heavy atom. The highest BCUT2D eigenvalue weighted by atomic mass is 79.9. The molecule has 2 heteroatoms. The minimum atomic E-state index is 0.282. The van der Waals surface area contributed by atoms with Gasteiger partial charge >= 0.3 is 0 Å². The number of hydrogen-bond donors (Lipinski definition) is 0. The maximum Gasteiger partial charge on any atom is 0.169 e. The molecule has 2 rings (SSSR count). The van der Waals surface area contributed by atoms with Gasteiger partial charge in [-0.2, -0.15) is 0 Å². The Morgan fingerprint density at radius 3 is 2.60 bits per heavy atom. The quantitative estimate of drug-likeness (QED) is 0.610. The molecule has 1 fully saturated rings. The topological polar surface area (TPSA) is 17.1 Å². The molecule has 0 spiro atoms. The summed E-state index contributed by atoms with van der Waals surface area (Å²) in [6.45, 7) is 9.47. The van der Waals surface area contributed by atoms with Crippen LogP contribution in [0.1, 0.15) is 72.6 Å². The second-order valence-corrected chi connectivity index (χ2v) is 8.37. The van der Waals surface area contributed by atoms with E-state index in [0.717, 1.165) is 41.5 Å². The summed E-state index contributed by atoms with van der Waals surface area (Å²) in [6.07, 6.45) is 8.24. The first-order valence-electron chi connectivity index (χ1n) is 8.28. The largest absolute Gasteiger partial charge is 0.294 e. The Hall–Kier alpha value is -0.110. The zero-order chi connectivity index (χ0) is 14.9. The smallest absolute Gasteiger partial charge is 0.169 e. The summed E-state index contributed by atoms with van der Waals surface area (Å²) in [6, 6.07) is 0. The number of halogens is 1. The molecule has 0 heterocycles. The van der Waals surface area contributed by atoms with Crippen LogP contribution in [0.5, 0.6) is 0 Å². The number of allylic oxidation sites excluding steroid dienone is 2. The van der Waals surface area contributed by atoms with Gasteiger partial charge in [-0.3, -0.25) is 4.79 Å². The van der Waals surface area contributed by atoms with Crippen LogP contribution >= 0.6 is 15.9 Å². The van der Waals surface area contributed by atoms with E-state index in [1.807, 2.05) is 0 Å². The van der Waals surface area contributed by atoms with Gasteiger partial charge in [-0.05, 0) is 63.9 Å². The third kappa shape index (κ3) is 3.05. The summed E-state index contributed by atoms with van der Waals surface area (Å²) in [5.41, 5.74) is 1.71. The van der Waals surface area contributed by atoms with Crippen LogP contribution in [0.15, 0.2) is 10.1 Å². The Bertz CT molecular complexity index is 410. The molecule has 0 unspecified atom stereocenters.